The first-order valence-electron chi connectivity index (χ1n) is 9.88. The van der Waals surface area contributed by atoms with E-state index >= 15 is 0 Å². The molecule has 1 aromatic rings. The van der Waals surface area contributed by atoms with Crippen LogP contribution in [0.1, 0.15) is 45.1 Å². The zero-order chi connectivity index (χ0) is 24.4. The molecule has 3 N–H and O–H groups in total. The van der Waals surface area contributed by atoms with E-state index in [0.717, 1.165) is 14.2 Å². The number of carbonyl (C=O) groups is 4. The Balaban J connectivity index is 3.28. The van der Waals surface area contributed by atoms with Crippen molar-refractivity contribution in [1.29, 1.82) is 0 Å². The van der Waals surface area contributed by atoms with Crippen LogP contribution < -0.4 is 15.2 Å². The number of hydrogen-bond donors (Lipinski definition) is 2. The number of nitrogens with two attached hydrogens (primary N) is 1. The molecule has 0 amide bonds. The molecule has 0 aromatic heterocycles. The van der Waals surface area contributed by atoms with Crippen LogP contribution in [0.3, 0.4) is 0 Å². The normalized spacial score (nSPS) is 14.3. The molecule has 0 saturated carbocycles. The van der Waals surface area contributed by atoms with Crippen LogP contribution in [0.2, 0.25) is 0 Å². The molecule has 178 valence electrons. The van der Waals surface area contributed by atoms with E-state index in [1.54, 1.807) is 13.8 Å². The second-order valence-electron chi connectivity index (χ2n) is 7.08. The topological polar surface area (TPSA) is 161 Å². The highest BCUT2D eigenvalue weighted by Crippen LogP contribution is 2.35. The molecule has 0 aliphatic heterocycles. The van der Waals surface area contributed by atoms with Crippen LogP contribution in [0, 0.1) is 5.92 Å². The van der Waals surface area contributed by atoms with Crippen LogP contribution in [0.25, 0.3) is 0 Å². The van der Waals surface area contributed by atoms with Crippen molar-refractivity contribution in [2.45, 2.75) is 51.7 Å². The van der Waals surface area contributed by atoms with E-state index in [1.807, 2.05) is 6.92 Å². The molecule has 1 rings (SSSR count). The number of benzene rings is 1. The molecule has 1 aromatic carbocycles. The zero-order valence-electron chi connectivity index (χ0n) is 18.7. The molecular weight excluding hydrogens is 426 g/mol. The van der Waals surface area contributed by atoms with Gasteiger partial charge in [-0.25, -0.2) is 9.59 Å². The number of methoxy groups -OCH3 is 2. The van der Waals surface area contributed by atoms with E-state index in [2.05, 4.69) is 9.47 Å². The fourth-order valence-corrected chi connectivity index (χ4v) is 2.73. The maximum atomic E-state index is 12.1. The molecule has 0 heterocycles. The number of rotatable bonds is 10. The standard InChI is InChI=1S/C21H29NO10/c1-6-11(2)19(25)30-12(3)9-14(17(22)18(23)24)13-7-8-15(31-20(26)28-4)16(10-13)32-21(27)29-5/h7-8,10-12,14,17H,6,9,22H2,1-5H3,(H,23,24)/t11?,12?,14?,17-/m0/s1. The summed E-state index contributed by atoms with van der Waals surface area (Å²) in [6, 6.07) is 2.69. The van der Waals surface area contributed by atoms with Gasteiger partial charge < -0.3 is 34.5 Å². The van der Waals surface area contributed by atoms with Crippen molar-refractivity contribution < 1.29 is 48.0 Å². The monoisotopic (exact) mass is 455 g/mol. The van der Waals surface area contributed by atoms with E-state index < -0.39 is 42.3 Å². The van der Waals surface area contributed by atoms with Gasteiger partial charge in [-0.05, 0) is 37.5 Å². The highest BCUT2D eigenvalue weighted by atomic mass is 16.7. The Bertz CT molecular complexity index is 825. The molecule has 0 fully saturated rings. The highest BCUT2D eigenvalue weighted by molar-refractivity contribution is 5.75. The van der Waals surface area contributed by atoms with Gasteiger partial charge in [0.2, 0.25) is 0 Å². The fraction of sp³-hybridized carbons (Fsp3) is 0.524. The first kappa shape index (κ1) is 26.7. The van der Waals surface area contributed by atoms with Crippen molar-refractivity contribution in [2.24, 2.45) is 11.7 Å². The quantitative estimate of drug-likeness (QED) is 0.303. The molecule has 4 atom stereocenters. The minimum atomic E-state index is -1.36. The number of ether oxygens (including phenoxy) is 5. The third-order valence-corrected chi connectivity index (χ3v) is 4.75. The molecule has 0 spiro atoms. The summed E-state index contributed by atoms with van der Waals surface area (Å²) in [6.45, 7) is 5.20. The molecule has 0 saturated heterocycles. The summed E-state index contributed by atoms with van der Waals surface area (Å²) >= 11 is 0. The largest absolute Gasteiger partial charge is 0.513 e. The van der Waals surface area contributed by atoms with Gasteiger partial charge in [-0.15, -0.1) is 0 Å². The van der Waals surface area contributed by atoms with Crippen LogP contribution in [-0.4, -0.2) is 55.7 Å². The first-order valence-corrected chi connectivity index (χ1v) is 9.88. The number of carbonyl (C=O) groups excluding carboxylic acids is 3. The number of hydrogen-bond acceptors (Lipinski definition) is 10. The maximum absolute atomic E-state index is 12.1. The van der Waals surface area contributed by atoms with Gasteiger partial charge in [0.25, 0.3) is 0 Å². The molecule has 11 heteroatoms. The SMILES string of the molecule is CCC(C)C(=O)OC(C)CC(c1ccc(OC(=O)OC)c(OC(=O)OC)c1)[C@H](N)C(=O)O. The van der Waals surface area contributed by atoms with Gasteiger partial charge in [-0.1, -0.05) is 19.9 Å². The zero-order valence-corrected chi connectivity index (χ0v) is 18.7. The average Bonchev–Trinajstić information content (AvgIpc) is 2.76. The van der Waals surface area contributed by atoms with Crippen molar-refractivity contribution in [2.75, 3.05) is 14.2 Å². The van der Waals surface area contributed by atoms with Crippen LogP contribution in [-0.2, 0) is 23.8 Å². The molecule has 3 unspecified atom stereocenters. The lowest BCUT2D eigenvalue weighted by Gasteiger charge is -2.26. The second-order valence-corrected chi connectivity index (χ2v) is 7.08. The van der Waals surface area contributed by atoms with Crippen LogP contribution in [0.15, 0.2) is 18.2 Å². The molecule has 11 nitrogen and oxygen atoms in total. The van der Waals surface area contributed by atoms with Gasteiger partial charge in [0.05, 0.1) is 26.2 Å². The maximum Gasteiger partial charge on any atom is 0.513 e. The summed E-state index contributed by atoms with van der Waals surface area (Å²) < 4.78 is 24.3. The summed E-state index contributed by atoms with van der Waals surface area (Å²) in [5.41, 5.74) is 6.25. The predicted octanol–water partition coefficient (Wildman–Crippen LogP) is 2.84. The summed E-state index contributed by atoms with van der Waals surface area (Å²) in [5, 5.41) is 9.47. The Morgan fingerprint density at radius 2 is 1.56 bits per heavy atom. The Morgan fingerprint density at radius 3 is 2.06 bits per heavy atom. The Hall–Kier alpha value is -3.34. The van der Waals surface area contributed by atoms with E-state index in [-0.39, 0.29) is 23.8 Å². The molecule has 32 heavy (non-hydrogen) atoms. The molecule has 0 aliphatic rings. The minimum absolute atomic E-state index is 0.0739. The average molecular weight is 455 g/mol. The summed E-state index contributed by atoms with van der Waals surface area (Å²) in [6.07, 6.45) is -2.13. The summed E-state index contributed by atoms with van der Waals surface area (Å²) in [4.78, 5) is 46.8. The van der Waals surface area contributed by atoms with Crippen molar-refractivity contribution in [3.63, 3.8) is 0 Å². The van der Waals surface area contributed by atoms with Crippen molar-refractivity contribution in [1.82, 2.24) is 0 Å². The Morgan fingerprint density at radius 1 is 1.00 bits per heavy atom. The molecule has 0 bridgehead atoms. The van der Waals surface area contributed by atoms with Crippen molar-refractivity contribution in [3.05, 3.63) is 23.8 Å². The number of carboxylic acid groups (broad SMARTS) is 1. The lowest BCUT2D eigenvalue weighted by Crippen LogP contribution is -2.38. The minimum Gasteiger partial charge on any atom is -0.480 e. The van der Waals surface area contributed by atoms with E-state index in [9.17, 15) is 24.3 Å². The van der Waals surface area contributed by atoms with Crippen molar-refractivity contribution >= 4 is 24.2 Å². The van der Waals surface area contributed by atoms with E-state index in [1.165, 1.54) is 18.2 Å². The summed E-state index contributed by atoms with van der Waals surface area (Å²) in [5.74, 6) is -3.20. The van der Waals surface area contributed by atoms with E-state index in [4.69, 9.17) is 19.9 Å². The number of carboxylic acids is 1. The van der Waals surface area contributed by atoms with Gasteiger partial charge in [0, 0.05) is 5.92 Å². The van der Waals surface area contributed by atoms with Gasteiger partial charge in [-0.3, -0.25) is 9.59 Å². The third-order valence-electron chi connectivity index (χ3n) is 4.75. The fourth-order valence-electron chi connectivity index (χ4n) is 2.73. The molecular formula is C21H29NO10. The van der Waals surface area contributed by atoms with Gasteiger partial charge >= 0.3 is 24.2 Å². The van der Waals surface area contributed by atoms with Gasteiger partial charge in [0.15, 0.2) is 11.5 Å². The first-order chi connectivity index (χ1) is 15.0. The van der Waals surface area contributed by atoms with Crippen LogP contribution >= 0.6 is 0 Å². The predicted molar refractivity (Wildman–Crippen MR) is 110 cm³/mol. The van der Waals surface area contributed by atoms with Gasteiger partial charge in [-0.2, -0.15) is 0 Å². The molecule has 0 aliphatic carbocycles. The van der Waals surface area contributed by atoms with Crippen LogP contribution in [0.5, 0.6) is 11.5 Å². The van der Waals surface area contributed by atoms with Crippen molar-refractivity contribution in [3.8, 4) is 11.5 Å². The smallest absolute Gasteiger partial charge is 0.480 e. The Labute approximate surface area is 185 Å². The molecule has 0 radical (unpaired) electrons. The second kappa shape index (κ2) is 12.5. The van der Waals surface area contributed by atoms with E-state index in [0.29, 0.717) is 12.0 Å². The lowest BCUT2D eigenvalue weighted by atomic mass is 9.87. The number of esters is 1. The number of aliphatic carboxylic acids is 1. The summed E-state index contributed by atoms with van der Waals surface area (Å²) in [7, 11) is 2.19. The van der Waals surface area contributed by atoms with Gasteiger partial charge in [0.1, 0.15) is 6.04 Å². The van der Waals surface area contributed by atoms with Crippen LogP contribution in [0.4, 0.5) is 9.59 Å². The lowest BCUT2D eigenvalue weighted by molar-refractivity contribution is -0.153. The Kier molecular flexibility index (Phi) is 10.4. The highest BCUT2D eigenvalue weighted by Gasteiger charge is 2.30. The third kappa shape index (κ3) is 7.73.